The van der Waals surface area contributed by atoms with Crippen molar-refractivity contribution in [1.82, 2.24) is 10.3 Å². The average Bonchev–Trinajstić information content (AvgIpc) is 2.88. The number of carbonyl (C=O) groups is 2. The number of methoxy groups -OCH3 is 1. The summed E-state index contributed by atoms with van der Waals surface area (Å²) in [5.74, 6) is -0.565. The van der Waals surface area contributed by atoms with Gasteiger partial charge in [0.05, 0.1) is 24.4 Å². The lowest BCUT2D eigenvalue weighted by atomic mass is 10.0. The number of benzene rings is 1. The fourth-order valence-electron chi connectivity index (χ4n) is 2.99. The summed E-state index contributed by atoms with van der Waals surface area (Å²) in [5, 5.41) is 3.92. The first-order valence-corrected chi connectivity index (χ1v) is 8.47. The molecule has 1 aromatic carbocycles. The van der Waals surface area contributed by atoms with Crippen LogP contribution in [0.1, 0.15) is 57.6 Å². The first kappa shape index (κ1) is 19.2. The van der Waals surface area contributed by atoms with Gasteiger partial charge in [-0.05, 0) is 44.9 Å². The molecule has 5 nitrogen and oxygen atoms in total. The van der Waals surface area contributed by atoms with E-state index < -0.39 is 12.0 Å². The summed E-state index contributed by atoms with van der Waals surface area (Å²) in [6, 6.07) is 6.98. The highest BCUT2D eigenvalue weighted by atomic mass is 35.5. The Morgan fingerprint density at radius 2 is 1.84 bits per heavy atom. The maximum absolute atomic E-state index is 12.8. The molecule has 0 aliphatic rings. The summed E-state index contributed by atoms with van der Waals surface area (Å²) in [6.07, 6.45) is 0. The number of carbonyl (C=O) groups excluding carboxylic acids is 2. The minimum absolute atomic E-state index is 0.0934. The Morgan fingerprint density at radius 1 is 1.20 bits per heavy atom. The molecular formula is C19H23ClN2O3. The number of ketones is 1. The zero-order chi connectivity index (χ0) is 18.7. The number of nitrogens with one attached hydrogen (secondary N) is 2. The average molecular weight is 363 g/mol. The van der Waals surface area contributed by atoms with Crippen LogP contribution in [-0.4, -0.2) is 29.9 Å². The topological polar surface area (TPSA) is 71.2 Å². The van der Waals surface area contributed by atoms with E-state index in [0.29, 0.717) is 27.5 Å². The maximum Gasteiger partial charge on any atom is 0.339 e. The zero-order valence-corrected chi connectivity index (χ0v) is 15.8. The lowest BCUT2D eigenvalue weighted by Gasteiger charge is -2.20. The highest BCUT2D eigenvalue weighted by molar-refractivity contribution is 6.31. The molecule has 134 valence electrons. The summed E-state index contributed by atoms with van der Waals surface area (Å²) < 4.78 is 4.79. The van der Waals surface area contributed by atoms with Crippen molar-refractivity contribution in [3.8, 4) is 0 Å². The molecular weight excluding hydrogens is 340 g/mol. The summed E-state index contributed by atoms with van der Waals surface area (Å²) >= 11 is 6.22. The first-order valence-electron chi connectivity index (χ1n) is 8.10. The number of aromatic amines is 1. The minimum Gasteiger partial charge on any atom is -0.465 e. The van der Waals surface area contributed by atoms with Gasteiger partial charge in [-0.1, -0.05) is 29.8 Å². The third-order valence-electron chi connectivity index (χ3n) is 4.34. The van der Waals surface area contributed by atoms with Crippen molar-refractivity contribution in [1.29, 1.82) is 0 Å². The van der Waals surface area contributed by atoms with Gasteiger partial charge in [-0.15, -0.1) is 0 Å². The predicted octanol–water partition coefficient (Wildman–Crippen LogP) is 3.99. The SMILES string of the molecule is COC(=O)c1c(C)[nH]c(C(=O)[C@H](C)N[C@H](C)c2ccccc2Cl)c1C. The molecule has 0 radical (unpaired) electrons. The smallest absolute Gasteiger partial charge is 0.339 e. The Kier molecular flexibility index (Phi) is 6.03. The van der Waals surface area contributed by atoms with E-state index in [-0.39, 0.29) is 11.8 Å². The Labute approximate surface area is 152 Å². The van der Waals surface area contributed by atoms with Crippen molar-refractivity contribution in [3.63, 3.8) is 0 Å². The lowest BCUT2D eigenvalue weighted by molar-refractivity contribution is 0.0599. The number of hydrogen-bond donors (Lipinski definition) is 2. The molecule has 2 aromatic rings. The molecule has 25 heavy (non-hydrogen) atoms. The van der Waals surface area contributed by atoms with Crippen molar-refractivity contribution in [3.05, 3.63) is 57.4 Å². The summed E-state index contributed by atoms with van der Waals surface area (Å²) in [5.41, 5.74) is 2.99. The van der Waals surface area contributed by atoms with E-state index in [9.17, 15) is 9.59 Å². The molecule has 2 atom stereocenters. The second-order valence-electron chi connectivity index (χ2n) is 6.11. The molecule has 2 N–H and O–H groups in total. The maximum atomic E-state index is 12.8. The van der Waals surface area contributed by atoms with Crippen LogP contribution in [0.25, 0.3) is 0 Å². The second kappa shape index (κ2) is 7.85. The van der Waals surface area contributed by atoms with Crippen LogP contribution >= 0.6 is 11.6 Å². The molecule has 0 saturated carbocycles. The van der Waals surface area contributed by atoms with Crippen molar-refractivity contribution in [2.75, 3.05) is 7.11 Å². The van der Waals surface area contributed by atoms with Crippen LogP contribution in [0.5, 0.6) is 0 Å². The van der Waals surface area contributed by atoms with Crippen LogP contribution in [0.3, 0.4) is 0 Å². The van der Waals surface area contributed by atoms with E-state index in [4.69, 9.17) is 16.3 Å². The summed E-state index contributed by atoms with van der Waals surface area (Å²) in [6.45, 7) is 7.24. The molecule has 1 aromatic heterocycles. The van der Waals surface area contributed by atoms with E-state index in [1.54, 1.807) is 20.8 Å². The number of esters is 1. The molecule has 0 fully saturated rings. The number of rotatable bonds is 6. The van der Waals surface area contributed by atoms with Crippen LogP contribution in [0, 0.1) is 13.8 Å². The first-order chi connectivity index (χ1) is 11.8. The minimum atomic E-state index is -0.450. The van der Waals surface area contributed by atoms with Crippen LogP contribution in [0.15, 0.2) is 24.3 Å². The molecule has 0 saturated heterocycles. The Balaban J connectivity index is 2.21. The van der Waals surface area contributed by atoms with Gasteiger partial charge >= 0.3 is 5.97 Å². The van der Waals surface area contributed by atoms with Gasteiger partial charge in [0, 0.05) is 16.8 Å². The molecule has 0 aliphatic heterocycles. The Bertz CT molecular complexity index is 798. The number of aryl methyl sites for hydroxylation is 1. The predicted molar refractivity (Wildman–Crippen MR) is 98.4 cm³/mol. The van der Waals surface area contributed by atoms with Crippen molar-refractivity contribution < 1.29 is 14.3 Å². The summed E-state index contributed by atoms with van der Waals surface area (Å²) in [4.78, 5) is 27.7. The summed E-state index contributed by atoms with van der Waals surface area (Å²) in [7, 11) is 1.32. The highest BCUT2D eigenvalue weighted by Gasteiger charge is 2.26. The highest BCUT2D eigenvalue weighted by Crippen LogP contribution is 2.24. The number of H-pyrrole nitrogens is 1. The van der Waals surface area contributed by atoms with E-state index in [1.807, 2.05) is 31.2 Å². The van der Waals surface area contributed by atoms with Gasteiger partial charge in [0.2, 0.25) is 0 Å². The van der Waals surface area contributed by atoms with E-state index in [1.165, 1.54) is 7.11 Å². The van der Waals surface area contributed by atoms with E-state index >= 15 is 0 Å². The molecule has 1 heterocycles. The monoisotopic (exact) mass is 362 g/mol. The number of ether oxygens (including phenoxy) is 1. The van der Waals surface area contributed by atoms with Gasteiger partial charge in [-0.2, -0.15) is 0 Å². The van der Waals surface area contributed by atoms with Crippen molar-refractivity contribution >= 4 is 23.4 Å². The third kappa shape index (κ3) is 3.94. The number of hydrogen-bond acceptors (Lipinski definition) is 4. The number of Topliss-reactive ketones (excluding diaryl/α,β-unsaturated/α-hetero) is 1. The van der Waals surface area contributed by atoms with Crippen LogP contribution in [-0.2, 0) is 4.74 Å². The van der Waals surface area contributed by atoms with Gasteiger partial charge in [-0.25, -0.2) is 4.79 Å². The van der Waals surface area contributed by atoms with E-state index in [0.717, 1.165) is 5.56 Å². The molecule has 0 aliphatic carbocycles. The Morgan fingerprint density at radius 3 is 2.44 bits per heavy atom. The Hall–Kier alpha value is -2.11. The van der Waals surface area contributed by atoms with Gasteiger partial charge in [0.25, 0.3) is 0 Å². The van der Waals surface area contributed by atoms with Crippen molar-refractivity contribution in [2.45, 2.75) is 39.8 Å². The largest absolute Gasteiger partial charge is 0.465 e. The molecule has 6 heteroatoms. The molecule has 2 rings (SSSR count). The number of aromatic nitrogens is 1. The van der Waals surface area contributed by atoms with Crippen LogP contribution < -0.4 is 5.32 Å². The molecule has 0 bridgehead atoms. The molecule has 0 amide bonds. The molecule has 0 unspecified atom stereocenters. The third-order valence-corrected chi connectivity index (χ3v) is 4.68. The normalized spacial score (nSPS) is 13.4. The van der Waals surface area contributed by atoms with Crippen LogP contribution in [0.4, 0.5) is 0 Å². The van der Waals surface area contributed by atoms with E-state index in [2.05, 4.69) is 10.3 Å². The van der Waals surface area contributed by atoms with Gasteiger partial charge in [0.1, 0.15) is 0 Å². The fraction of sp³-hybridized carbons (Fsp3) is 0.368. The van der Waals surface area contributed by atoms with Gasteiger partial charge in [-0.3, -0.25) is 4.79 Å². The zero-order valence-electron chi connectivity index (χ0n) is 15.1. The van der Waals surface area contributed by atoms with Gasteiger partial charge in [0.15, 0.2) is 5.78 Å². The second-order valence-corrected chi connectivity index (χ2v) is 6.52. The van der Waals surface area contributed by atoms with Crippen LogP contribution in [0.2, 0.25) is 5.02 Å². The fourth-order valence-corrected chi connectivity index (χ4v) is 3.29. The number of halogens is 1. The molecule has 0 spiro atoms. The van der Waals surface area contributed by atoms with Gasteiger partial charge < -0.3 is 15.0 Å². The quantitative estimate of drug-likeness (QED) is 0.602. The standard InChI is InChI=1S/C19H23ClN2O3/c1-10-16(19(24)25-5)12(3)22-17(10)18(23)13(4)21-11(2)14-8-6-7-9-15(14)20/h6-9,11,13,21-22H,1-5H3/t11-,13+/m1/s1. The van der Waals surface area contributed by atoms with Crippen molar-refractivity contribution in [2.24, 2.45) is 0 Å². The lowest BCUT2D eigenvalue weighted by Crippen LogP contribution is -2.36.